The maximum atomic E-state index is 12.9. The molecule has 3 rings (SSSR count). The third-order valence-corrected chi connectivity index (χ3v) is 7.10. The first-order valence-corrected chi connectivity index (χ1v) is 9.25. The van der Waals surface area contributed by atoms with Crippen LogP contribution in [0.15, 0.2) is 23.1 Å². The van der Waals surface area contributed by atoms with Crippen LogP contribution >= 0.6 is 0 Å². The van der Waals surface area contributed by atoms with Gasteiger partial charge >= 0.3 is 0 Å². The fourth-order valence-electron chi connectivity index (χ4n) is 3.85. The Hall–Kier alpha value is -1.51. The molecule has 0 bridgehead atoms. The van der Waals surface area contributed by atoms with Gasteiger partial charge in [-0.15, -0.1) is 0 Å². The van der Waals surface area contributed by atoms with E-state index in [-0.39, 0.29) is 22.5 Å². The monoisotopic (exact) mass is 339 g/mol. The number of nitro benzene ring substituents is 1. The number of non-ortho nitro benzene ring substituents is 1. The molecule has 2 aliphatic rings. The minimum Gasteiger partial charge on any atom is -0.327 e. The molecule has 1 saturated heterocycles. The van der Waals surface area contributed by atoms with Gasteiger partial charge in [0.25, 0.3) is 5.69 Å². The lowest BCUT2D eigenvalue weighted by molar-refractivity contribution is -0.385. The Kier molecular flexibility index (Phi) is 4.16. The number of benzene rings is 1. The minimum absolute atomic E-state index is 0.0620. The molecule has 3 atom stereocenters. The van der Waals surface area contributed by atoms with E-state index in [1.165, 1.54) is 22.5 Å². The number of hydrogen-bond acceptors (Lipinski definition) is 5. The summed E-state index contributed by atoms with van der Waals surface area (Å²) in [6.45, 7) is 2.54. The predicted molar refractivity (Wildman–Crippen MR) is 85.4 cm³/mol. The smallest absolute Gasteiger partial charge is 0.269 e. The molecular weight excluding hydrogens is 318 g/mol. The summed E-state index contributed by atoms with van der Waals surface area (Å²) in [4.78, 5) is 10.4. The molecule has 0 radical (unpaired) electrons. The van der Waals surface area contributed by atoms with Crippen molar-refractivity contribution in [1.82, 2.24) is 4.31 Å². The van der Waals surface area contributed by atoms with Gasteiger partial charge in [0.05, 0.1) is 9.82 Å². The molecule has 126 valence electrons. The largest absolute Gasteiger partial charge is 0.327 e. The summed E-state index contributed by atoms with van der Waals surface area (Å²) in [5.74, 6) is 0.545. The first-order valence-electron chi connectivity index (χ1n) is 7.81. The third-order valence-electron chi connectivity index (χ3n) is 5.11. The minimum atomic E-state index is -3.64. The van der Waals surface area contributed by atoms with Gasteiger partial charge in [0.1, 0.15) is 0 Å². The van der Waals surface area contributed by atoms with E-state index in [4.69, 9.17) is 5.73 Å². The Morgan fingerprint density at radius 1 is 1.30 bits per heavy atom. The molecule has 0 aromatic heterocycles. The second-order valence-electron chi connectivity index (χ2n) is 6.55. The normalized spacial score (nSPS) is 28.5. The Balaban J connectivity index is 1.89. The zero-order valence-electron chi connectivity index (χ0n) is 13.0. The lowest BCUT2D eigenvalue weighted by Crippen LogP contribution is -2.38. The van der Waals surface area contributed by atoms with Gasteiger partial charge in [0.15, 0.2) is 0 Å². The molecule has 7 nitrogen and oxygen atoms in total. The van der Waals surface area contributed by atoms with Crippen molar-refractivity contribution in [2.45, 2.75) is 37.1 Å². The second kappa shape index (κ2) is 5.85. The molecule has 1 saturated carbocycles. The molecule has 1 aromatic carbocycles. The van der Waals surface area contributed by atoms with Crippen molar-refractivity contribution in [2.24, 2.45) is 17.6 Å². The number of nitrogens with two attached hydrogens (primary N) is 1. The summed E-state index contributed by atoms with van der Waals surface area (Å²) in [6, 6.07) is 3.95. The number of fused-ring (bicyclic) bond motifs is 1. The van der Waals surface area contributed by atoms with Crippen molar-refractivity contribution in [3.8, 4) is 0 Å². The van der Waals surface area contributed by atoms with Crippen LogP contribution in [0.2, 0.25) is 0 Å². The third kappa shape index (κ3) is 2.86. The summed E-state index contributed by atoms with van der Waals surface area (Å²) in [5.41, 5.74) is 6.45. The van der Waals surface area contributed by atoms with Crippen LogP contribution in [-0.2, 0) is 10.0 Å². The molecule has 2 fully saturated rings. The zero-order chi connectivity index (χ0) is 16.8. The summed E-state index contributed by atoms with van der Waals surface area (Å²) < 4.78 is 27.3. The van der Waals surface area contributed by atoms with Crippen molar-refractivity contribution in [1.29, 1.82) is 0 Å². The number of hydrogen-bond donors (Lipinski definition) is 1. The van der Waals surface area contributed by atoms with E-state index in [0.29, 0.717) is 24.6 Å². The van der Waals surface area contributed by atoms with E-state index < -0.39 is 14.9 Å². The SMILES string of the molecule is Cc1cc([N+](=O)[O-])ccc1S(=O)(=O)N1CC2CCCC(N)C2C1. The molecule has 3 unspecified atom stereocenters. The highest BCUT2D eigenvalue weighted by atomic mass is 32.2. The fourth-order valence-corrected chi connectivity index (χ4v) is 5.59. The lowest BCUT2D eigenvalue weighted by atomic mass is 9.78. The molecule has 1 aromatic rings. The Labute approximate surface area is 135 Å². The van der Waals surface area contributed by atoms with Gasteiger partial charge in [-0.3, -0.25) is 10.1 Å². The number of nitro groups is 1. The maximum absolute atomic E-state index is 12.9. The Bertz CT molecular complexity index is 734. The fraction of sp³-hybridized carbons (Fsp3) is 0.600. The molecule has 1 aliphatic heterocycles. The number of sulfonamides is 1. The van der Waals surface area contributed by atoms with Gasteiger partial charge in [0, 0.05) is 31.3 Å². The molecular formula is C15H21N3O4S. The van der Waals surface area contributed by atoms with E-state index >= 15 is 0 Å². The molecule has 2 N–H and O–H groups in total. The standard InChI is InChI=1S/C15H21N3O4S/c1-10-7-12(18(19)20)5-6-15(10)23(21,22)17-8-11-3-2-4-14(16)13(11)9-17/h5-7,11,13-14H,2-4,8-9,16H2,1H3. The number of nitrogens with zero attached hydrogens (tertiary/aromatic N) is 2. The van der Waals surface area contributed by atoms with Crippen molar-refractivity contribution >= 4 is 15.7 Å². The predicted octanol–water partition coefficient (Wildman–Crippen LogP) is 1.65. The molecule has 0 amide bonds. The van der Waals surface area contributed by atoms with Gasteiger partial charge in [-0.05, 0) is 43.2 Å². The van der Waals surface area contributed by atoms with Crippen LogP contribution in [0.5, 0.6) is 0 Å². The molecule has 1 aliphatic carbocycles. The first kappa shape index (κ1) is 16.4. The highest BCUT2D eigenvalue weighted by molar-refractivity contribution is 7.89. The maximum Gasteiger partial charge on any atom is 0.269 e. The van der Waals surface area contributed by atoms with Gasteiger partial charge < -0.3 is 5.73 Å². The Morgan fingerprint density at radius 3 is 2.65 bits per heavy atom. The summed E-state index contributed by atoms with van der Waals surface area (Å²) in [7, 11) is -3.64. The number of aryl methyl sites for hydroxylation is 1. The highest BCUT2D eigenvalue weighted by Crippen LogP contribution is 2.38. The molecule has 8 heteroatoms. The van der Waals surface area contributed by atoms with Crippen molar-refractivity contribution < 1.29 is 13.3 Å². The second-order valence-corrected chi connectivity index (χ2v) is 8.45. The van der Waals surface area contributed by atoms with Crippen LogP contribution < -0.4 is 5.73 Å². The van der Waals surface area contributed by atoms with E-state index in [2.05, 4.69) is 0 Å². The van der Waals surface area contributed by atoms with Crippen LogP contribution in [0, 0.1) is 28.9 Å². The summed E-state index contributed by atoms with van der Waals surface area (Å²) >= 11 is 0. The molecule has 23 heavy (non-hydrogen) atoms. The number of rotatable bonds is 3. The summed E-state index contributed by atoms with van der Waals surface area (Å²) in [5, 5.41) is 10.8. The highest BCUT2D eigenvalue weighted by Gasteiger charge is 2.43. The quantitative estimate of drug-likeness (QED) is 0.665. The lowest BCUT2D eigenvalue weighted by Gasteiger charge is -2.29. The van der Waals surface area contributed by atoms with Crippen molar-refractivity contribution in [3.05, 3.63) is 33.9 Å². The average molecular weight is 339 g/mol. The van der Waals surface area contributed by atoms with Crippen LogP contribution in [0.4, 0.5) is 5.69 Å². The van der Waals surface area contributed by atoms with Crippen LogP contribution in [0.1, 0.15) is 24.8 Å². The van der Waals surface area contributed by atoms with Gasteiger partial charge in [-0.1, -0.05) is 6.42 Å². The Morgan fingerprint density at radius 2 is 2.04 bits per heavy atom. The van der Waals surface area contributed by atoms with E-state index in [9.17, 15) is 18.5 Å². The van der Waals surface area contributed by atoms with E-state index in [1.807, 2.05) is 0 Å². The van der Waals surface area contributed by atoms with Gasteiger partial charge in [-0.2, -0.15) is 4.31 Å². The van der Waals surface area contributed by atoms with Crippen molar-refractivity contribution in [2.75, 3.05) is 13.1 Å². The van der Waals surface area contributed by atoms with Gasteiger partial charge in [0.2, 0.25) is 10.0 Å². The first-order chi connectivity index (χ1) is 10.8. The van der Waals surface area contributed by atoms with Crippen molar-refractivity contribution in [3.63, 3.8) is 0 Å². The molecule has 1 heterocycles. The van der Waals surface area contributed by atoms with E-state index in [1.54, 1.807) is 6.92 Å². The van der Waals surface area contributed by atoms with Crippen LogP contribution in [0.3, 0.4) is 0 Å². The zero-order valence-corrected chi connectivity index (χ0v) is 13.8. The average Bonchev–Trinajstić information content (AvgIpc) is 2.93. The van der Waals surface area contributed by atoms with E-state index in [0.717, 1.165) is 19.3 Å². The topological polar surface area (TPSA) is 107 Å². The van der Waals surface area contributed by atoms with Crippen LogP contribution in [-0.4, -0.2) is 36.8 Å². The molecule has 0 spiro atoms. The van der Waals surface area contributed by atoms with Crippen LogP contribution in [0.25, 0.3) is 0 Å². The van der Waals surface area contributed by atoms with Gasteiger partial charge in [-0.25, -0.2) is 8.42 Å². The summed E-state index contributed by atoms with van der Waals surface area (Å²) in [6.07, 6.45) is 3.02.